The van der Waals surface area contributed by atoms with Gasteiger partial charge in [-0.05, 0) is 38.0 Å². The highest BCUT2D eigenvalue weighted by atomic mass is 32.2. The van der Waals surface area contributed by atoms with Crippen LogP contribution in [0.15, 0.2) is 51.2 Å². The summed E-state index contributed by atoms with van der Waals surface area (Å²) in [6.45, 7) is 1.79. The second-order valence-corrected chi connectivity index (χ2v) is 8.64. The summed E-state index contributed by atoms with van der Waals surface area (Å²) in [6.07, 6.45) is 2.62. The Bertz CT molecular complexity index is 1290. The summed E-state index contributed by atoms with van der Waals surface area (Å²) in [6, 6.07) is 6.55. The van der Waals surface area contributed by atoms with E-state index in [1.54, 1.807) is 19.1 Å². The smallest absolute Gasteiger partial charge is 0.341 e. The Morgan fingerprint density at radius 3 is 2.46 bits per heavy atom. The molecule has 2 heterocycles. The number of aryl methyl sites for hydroxylation is 1. The highest BCUT2D eigenvalue weighted by molar-refractivity contribution is 7.91. The van der Waals surface area contributed by atoms with Gasteiger partial charge in [0.2, 0.25) is 15.3 Å². The van der Waals surface area contributed by atoms with Gasteiger partial charge in [0, 0.05) is 12.2 Å². The number of carboxylic acid groups (broad SMARTS) is 1. The van der Waals surface area contributed by atoms with E-state index in [9.17, 15) is 27.5 Å². The molecule has 28 heavy (non-hydrogen) atoms. The van der Waals surface area contributed by atoms with Crippen LogP contribution in [-0.2, 0) is 9.84 Å². The fourth-order valence-electron chi connectivity index (χ4n) is 3.03. The zero-order valence-electron chi connectivity index (χ0n) is 14.7. The molecule has 1 N–H and O–H groups in total. The van der Waals surface area contributed by atoms with Crippen LogP contribution in [0.4, 0.5) is 4.39 Å². The molecule has 7 nitrogen and oxygen atoms in total. The highest BCUT2D eigenvalue weighted by Crippen LogP contribution is 2.37. The lowest BCUT2D eigenvalue weighted by molar-refractivity contribution is 0.0694. The van der Waals surface area contributed by atoms with Gasteiger partial charge in [0.25, 0.3) is 0 Å². The van der Waals surface area contributed by atoms with Gasteiger partial charge in [-0.25, -0.2) is 22.6 Å². The molecule has 2 aromatic heterocycles. The fourth-order valence-corrected chi connectivity index (χ4v) is 4.27. The predicted molar refractivity (Wildman–Crippen MR) is 97.8 cm³/mol. The lowest BCUT2D eigenvalue weighted by Gasteiger charge is -2.13. The lowest BCUT2D eigenvalue weighted by Crippen LogP contribution is -2.20. The van der Waals surface area contributed by atoms with Gasteiger partial charge < -0.3 is 9.67 Å². The number of nitrogens with zero attached hydrogens (tertiary/aromatic N) is 2. The molecule has 0 saturated heterocycles. The molecule has 4 rings (SSSR count). The monoisotopic (exact) mass is 402 g/mol. The van der Waals surface area contributed by atoms with Crippen molar-refractivity contribution in [1.29, 1.82) is 0 Å². The van der Waals surface area contributed by atoms with Crippen molar-refractivity contribution in [2.24, 2.45) is 0 Å². The standard InChI is InChI=1S/C19H15FN2O5S/c1-10-2-6-12(7-3-10)28(26,27)18-15(20)8-13-16(23)14(19(24)25)9-22(11-4-5-11)17(13)21-18/h2-3,6-9,11H,4-5H2,1H3,(H,24,25). The Labute approximate surface area is 159 Å². The van der Waals surface area contributed by atoms with Crippen LogP contribution in [0.2, 0.25) is 0 Å². The maximum Gasteiger partial charge on any atom is 0.341 e. The molecule has 3 aromatic rings. The van der Waals surface area contributed by atoms with Crippen molar-refractivity contribution in [1.82, 2.24) is 9.55 Å². The molecule has 0 bridgehead atoms. The molecule has 0 radical (unpaired) electrons. The molecule has 1 aliphatic rings. The van der Waals surface area contributed by atoms with Crippen LogP contribution >= 0.6 is 0 Å². The molecule has 0 atom stereocenters. The Kier molecular flexibility index (Phi) is 4.07. The molecule has 0 amide bonds. The summed E-state index contributed by atoms with van der Waals surface area (Å²) < 4.78 is 41.9. The van der Waals surface area contributed by atoms with Crippen molar-refractivity contribution in [3.8, 4) is 0 Å². The number of benzene rings is 1. The van der Waals surface area contributed by atoms with Crippen molar-refractivity contribution in [2.75, 3.05) is 0 Å². The lowest BCUT2D eigenvalue weighted by atomic mass is 10.2. The number of rotatable bonds is 4. The fraction of sp³-hybridized carbons (Fsp3) is 0.211. The minimum absolute atomic E-state index is 0.0374. The number of carbonyl (C=O) groups is 1. The average molecular weight is 402 g/mol. The van der Waals surface area contributed by atoms with Gasteiger partial charge in [0.1, 0.15) is 11.2 Å². The van der Waals surface area contributed by atoms with E-state index in [1.807, 2.05) is 0 Å². The molecule has 144 valence electrons. The maximum atomic E-state index is 14.7. The molecule has 9 heteroatoms. The van der Waals surface area contributed by atoms with E-state index in [2.05, 4.69) is 4.98 Å². The van der Waals surface area contributed by atoms with Crippen LogP contribution in [0.3, 0.4) is 0 Å². The van der Waals surface area contributed by atoms with Crippen molar-refractivity contribution < 1.29 is 22.7 Å². The van der Waals surface area contributed by atoms with Crippen LogP contribution in [0.1, 0.15) is 34.8 Å². The third-order valence-corrected chi connectivity index (χ3v) is 6.37. The number of sulfone groups is 1. The van der Waals surface area contributed by atoms with E-state index >= 15 is 0 Å². The third-order valence-electron chi connectivity index (χ3n) is 4.68. The number of aromatic nitrogens is 2. The number of pyridine rings is 2. The van der Waals surface area contributed by atoms with E-state index in [0.717, 1.165) is 30.7 Å². The number of hydrogen-bond donors (Lipinski definition) is 1. The van der Waals surface area contributed by atoms with Gasteiger partial charge >= 0.3 is 5.97 Å². The summed E-state index contributed by atoms with van der Waals surface area (Å²) in [5.41, 5.74) is -0.598. The molecule has 1 saturated carbocycles. The number of halogens is 1. The number of carboxylic acids is 1. The van der Waals surface area contributed by atoms with Crippen molar-refractivity contribution in [2.45, 2.75) is 35.7 Å². The largest absolute Gasteiger partial charge is 0.477 e. The van der Waals surface area contributed by atoms with Gasteiger partial charge in [-0.1, -0.05) is 17.7 Å². The van der Waals surface area contributed by atoms with Crippen molar-refractivity contribution in [3.63, 3.8) is 0 Å². The Morgan fingerprint density at radius 1 is 1.25 bits per heavy atom. The van der Waals surface area contributed by atoms with E-state index in [1.165, 1.54) is 16.7 Å². The summed E-state index contributed by atoms with van der Waals surface area (Å²) in [5.74, 6) is -2.63. The summed E-state index contributed by atoms with van der Waals surface area (Å²) >= 11 is 0. The van der Waals surface area contributed by atoms with E-state index < -0.39 is 37.6 Å². The zero-order chi connectivity index (χ0) is 20.2. The average Bonchev–Trinajstić information content (AvgIpc) is 3.47. The SMILES string of the molecule is Cc1ccc(S(=O)(=O)c2nc3c(cc2F)c(=O)c(C(=O)O)cn3C2CC2)cc1. The predicted octanol–water partition coefficient (Wildman–Crippen LogP) is 2.71. The Balaban J connectivity index is 2.02. The molecule has 0 unspecified atom stereocenters. The number of fused-ring (bicyclic) bond motifs is 1. The van der Waals surface area contributed by atoms with Gasteiger partial charge in [0.15, 0.2) is 10.8 Å². The highest BCUT2D eigenvalue weighted by Gasteiger charge is 2.30. The third kappa shape index (κ3) is 2.88. The normalized spacial score (nSPS) is 14.4. The van der Waals surface area contributed by atoms with E-state index in [-0.39, 0.29) is 22.0 Å². The molecule has 0 spiro atoms. The van der Waals surface area contributed by atoms with Crippen LogP contribution in [0, 0.1) is 12.7 Å². The zero-order valence-corrected chi connectivity index (χ0v) is 15.5. The van der Waals surface area contributed by atoms with Crippen LogP contribution < -0.4 is 5.43 Å². The summed E-state index contributed by atoms with van der Waals surface area (Å²) in [7, 11) is -4.26. The summed E-state index contributed by atoms with van der Waals surface area (Å²) in [4.78, 5) is 27.7. The van der Waals surface area contributed by atoms with Crippen LogP contribution in [0.25, 0.3) is 11.0 Å². The van der Waals surface area contributed by atoms with Crippen molar-refractivity contribution >= 4 is 26.8 Å². The van der Waals surface area contributed by atoms with Gasteiger partial charge in [-0.3, -0.25) is 4.79 Å². The van der Waals surface area contributed by atoms with Gasteiger partial charge in [0.05, 0.1) is 10.3 Å². The Morgan fingerprint density at radius 2 is 1.89 bits per heavy atom. The number of aromatic carboxylic acids is 1. The Hall–Kier alpha value is -3.07. The molecular weight excluding hydrogens is 387 g/mol. The van der Waals surface area contributed by atoms with Gasteiger partial charge in [-0.15, -0.1) is 0 Å². The molecular formula is C19H15FN2O5S. The minimum Gasteiger partial charge on any atom is -0.477 e. The first-order valence-electron chi connectivity index (χ1n) is 8.50. The van der Waals surface area contributed by atoms with Crippen molar-refractivity contribution in [3.05, 3.63) is 63.7 Å². The minimum atomic E-state index is -4.26. The molecule has 1 fully saturated rings. The van der Waals surface area contributed by atoms with E-state index in [0.29, 0.717) is 0 Å². The second-order valence-electron chi connectivity index (χ2n) is 6.78. The first-order valence-corrected chi connectivity index (χ1v) is 9.99. The maximum absolute atomic E-state index is 14.7. The second kappa shape index (κ2) is 6.23. The van der Waals surface area contributed by atoms with Gasteiger partial charge in [-0.2, -0.15) is 0 Å². The number of hydrogen-bond acceptors (Lipinski definition) is 5. The van der Waals surface area contributed by atoms with E-state index in [4.69, 9.17) is 0 Å². The van der Waals surface area contributed by atoms with Crippen LogP contribution in [-0.4, -0.2) is 29.0 Å². The van der Waals surface area contributed by atoms with Crippen LogP contribution in [0.5, 0.6) is 0 Å². The first-order chi connectivity index (χ1) is 13.2. The topological polar surface area (TPSA) is 106 Å². The molecule has 1 aromatic carbocycles. The quantitative estimate of drug-likeness (QED) is 0.719. The summed E-state index contributed by atoms with van der Waals surface area (Å²) in [5, 5.41) is 8.20. The molecule has 0 aliphatic heterocycles. The first kappa shape index (κ1) is 18.3. The molecule has 1 aliphatic carbocycles.